The normalized spacial score (nSPS) is 11.7. The van der Waals surface area contributed by atoms with Crippen molar-refractivity contribution in [3.05, 3.63) is 11.1 Å². The maximum Gasteiger partial charge on any atom is 0.413 e. The molecule has 0 fully saturated rings. The molecule has 23 heavy (non-hydrogen) atoms. The fourth-order valence-corrected chi connectivity index (χ4v) is 1.77. The van der Waals surface area contributed by atoms with Crippen LogP contribution in [-0.4, -0.2) is 51.1 Å². The van der Waals surface area contributed by atoms with Crippen LogP contribution in [0.25, 0.3) is 0 Å². The lowest BCUT2D eigenvalue weighted by Crippen LogP contribution is -2.33. The van der Waals surface area contributed by atoms with Crippen molar-refractivity contribution < 1.29 is 34.2 Å². The molecule has 0 aromatic carbocycles. The lowest BCUT2D eigenvalue weighted by molar-refractivity contribution is -0.161. The molecule has 0 atom stereocenters. The molecule has 0 aliphatic rings. The summed E-state index contributed by atoms with van der Waals surface area (Å²) in [5.41, 5.74) is -2.38. The number of carboxylic acids is 2. The van der Waals surface area contributed by atoms with Gasteiger partial charge in [-0.2, -0.15) is 0 Å². The summed E-state index contributed by atoms with van der Waals surface area (Å²) in [6.07, 6.45) is -0.731. The molecule has 0 unspecified atom stereocenters. The van der Waals surface area contributed by atoms with Crippen LogP contribution in [0, 0.1) is 0 Å². The highest BCUT2D eigenvalue weighted by Gasteiger charge is 2.31. The second kappa shape index (κ2) is 7.54. The van der Waals surface area contributed by atoms with Crippen LogP contribution in [-0.2, 0) is 19.2 Å². The Morgan fingerprint density at radius 1 is 1.39 bits per heavy atom. The van der Waals surface area contributed by atoms with Crippen LogP contribution < -0.4 is 5.32 Å². The number of aromatic nitrogens is 1. The van der Waals surface area contributed by atoms with Gasteiger partial charge in [-0.1, -0.05) is 5.16 Å². The summed E-state index contributed by atoms with van der Waals surface area (Å²) in [6, 6.07) is 0. The third-order valence-corrected chi connectivity index (χ3v) is 3.07. The van der Waals surface area contributed by atoms with E-state index >= 15 is 0 Å². The van der Waals surface area contributed by atoms with Gasteiger partial charge in [0, 0.05) is 5.38 Å². The molecule has 0 saturated carbocycles. The van der Waals surface area contributed by atoms with Gasteiger partial charge in [-0.05, 0) is 20.8 Å². The molecular weight excluding hydrogens is 330 g/mol. The zero-order chi connectivity index (χ0) is 17.6. The van der Waals surface area contributed by atoms with E-state index in [1.807, 2.05) is 0 Å². The molecule has 0 bridgehead atoms. The molecule has 1 rings (SSSR count). The monoisotopic (exact) mass is 345 g/mol. The summed E-state index contributed by atoms with van der Waals surface area (Å²) >= 11 is 0.950. The topological polar surface area (TPSA) is 147 Å². The molecule has 11 heteroatoms. The van der Waals surface area contributed by atoms with Crippen LogP contribution in [0.15, 0.2) is 10.5 Å². The highest BCUT2D eigenvalue weighted by Crippen LogP contribution is 2.18. The van der Waals surface area contributed by atoms with Gasteiger partial charge in [0.05, 0.1) is 6.61 Å². The van der Waals surface area contributed by atoms with Crippen molar-refractivity contribution in [2.45, 2.75) is 26.4 Å². The second-order valence-electron chi connectivity index (χ2n) is 4.54. The first-order valence-electron chi connectivity index (χ1n) is 6.30. The van der Waals surface area contributed by atoms with Crippen molar-refractivity contribution in [2.75, 3.05) is 11.9 Å². The largest absolute Gasteiger partial charge is 0.478 e. The fourth-order valence-electron chi connectivity index (χ4n) is 1.09. The number of aliphatic carboxylic acids is 2. The van der Waals surface area contributed by atoms with E-state index in [-0.39, 0.29) is 17.4 Å². The number of nitrogens with zero attached hydrogens (tertiary/aromatic N) is 2. The lowest BCUT2D eigenvalue weighted by atomic mass is 10.1. The van der Waals surface area contributed by atoms with Crippen molar-refractivity contribution in [1.29, 1.82) is 0 Å². The van der Waals surface area contributed by atoms with E-state index in [2.05, 4.69) is 20.2 Å². The zero-order valence-electron chi connectivity index (χ0n) is 12.5. The predicted molar refractivity (Wildman–Crippen MR) is 79.7 cm³/mol. The molecular formula is C12H15N3O7S. The number of oxime groups is 1. The molecule has 10 nitrogen and oxygen atoms in total. The number of nitrogens with one attached hydrogen (secondary N) is 1. The second-order valence-corrected chi connectivity index (χ2v) is 5.39. The molecule has 126 valence electrons. The number of carboxylic acid groups (broad SMARTS) is 2. The Morgan fingerprint density at radius 2 is 2.04 bits per heavy atom. The van der Waals surface area contributed by atoms with Gasteiger partial charge < -0.3 is 19.8 Å². The van der Waals surface area contributed by atoms with Gasteiger partial charge in [0.15, 0.2) is 5.13 Å². The van der Waals surface area contributed by atoms with Crippen LogP contribution in [0.5, 0.6) is 0 Å². The van der Waals surface area contributed by atoms with Gasteiger partial charge in [0.1, 0.15) is 5.69 Å². The van der Waals surface area contributed by atoms with Gasteiger partial charge in [-0.15, -0.1) is 11.3 Å². The first-order chi connectivity index (χ1) is 10.7. The smallest absolute Gasteiger partial charge is 0.413 e. The van der Waals surface area contributed by atoms with Crippen LogP contribution >= 0.6 is 11.3 Å². The molecule has 0 aliphatic heterocycles. The van der Waals surface area contributed by atoms with Gasteiger partial charge in [-0.25, -0.2) is 19.4 Å². The van der Waals surface area contributed by atoms with Crippen molar-refractivity contribution in [1.82, 2.24) is 4.98 Å². The maximum absolute atomic E-state index is 11.3. The standard InChI is InChI=1S/C12H15N3O7S/c1-4-21-11(20)14-10-13-6(5-23-10)7(8(16)17)15-22-12(2,3)9(18)19/h5H,4H2,1-3H3,(H,16,17)(H,18,19)(H,13,14,20). The van der Waals surface area contributed by atoms with Crippen molar-refractivity contribution in [3.63, 3.8) is 0 Å². The molecule has 1 aromatic rings. The average Bonchev–Trinajstić information content (AvgIpc) is 2.86. The van der Waals surface area contributed by atoms with E-state index in [0.717, 1.165) is 11.3 Å². The van der Waals surface area contributed by atoms with Crippen molar-refractivity contribution in [2.24, 2.45) is 5.16 Å². The molecule has 0 spiro atoms. The molecule has 1 amide bonds. The highest BCUT2D eigenvalue weighted by atomic mass is 32.1. The minimum absolute atomic E-state index is 0.0875. The minimum Gasteiger partial charge on any atom is -0.478 e. The third kappa shape index (κ3) is 5.21. The average molecular weight is 345 g/mol. The van der Waals surface area contributed by atoms with Gasteiger partial charge in [-0.3, -0.25) is 5.32 Å². The highest BCUT2D eigenvalue weighted by molar-refractivity contribution is 7.14. The number of amides is 1. The Kier molecular flexibility index (Phi) is 6.02. The quantitative estimate of drug-likeness (QED) is 0.496. The number of carbonyl (C=O) groups excluding carboxylic acids is 1. The number of hydrogen-bond acceptors (Lipinski definition) is 8. The van der Waals surface area contributed by atoms with E-state index in [9.17, 15) is 14.4 Å². The van der Waals surface area contributed by atoms with E-state index in [1.54, 1.807) is 6.92 Å². The van der Waals surface area contributed by atoms with Crippen LogP contribution in [0.4, 0.5) is 9.93 Å². The molecule has 1 heterocycles. The number of ether oxygens (including phenoxy) is 1. The predicted octanol–water partition coefficient (Wildman–Crippen LogP) is 1.38. The molecule has 0 radical (unpaired) electrons. The van der Waals surface area contributed by atoms with Crippen LogP contribution in [0.3, 0.4) is 0 Å². The van der Waals surface area contributed by atoms with Gasteiger partial charge >= 0.3 is 18.0 Å². The van der Waals surface area contributed by atoms with E-state index < -0.39 is 29.3 Å². The molecule has 1 aromatic heterocycles. The Labute approximate surface area is 134 Å². The molecule has 0 aliphatic carbocycles. The van der Waals surface area contributed by atoms with Crippen LogP contribution in [0.1, 0.15) is 26.5 Å². The summed E-state index contributed by atoms with van der Waals surface area (Å²) < 4.78 is 4.66. The number of rotatable bonds is 7. The van der Waals surface area contributed by atoms with Gasteiger partial charge in [0.25, 0.3) is 0 Å². The number of carbonyl (C=O) groups is 3. The Morgan fingerprint density at radius 3 is 2.57 bits per heavy atom. The lowest BCUT2D eigenvalue weighted by Gasteiger charge is -2.16. The fraction of sp³-hybridized carbons (Fsp3) is 0.417. The first kappa shape index (κ1) is 18.4. The third-order valence-electron chi connectivity index (χ3n) is 2.31. The zero-order valence-corrected chi connectivity index (χ0v) is 13.3. The van der Waals surface area contributed by atoms with Gasteiger partial charge in [0.2, 0.25) is 11.3 Å². The van der Waals surface area contributed by atoms with E-state index in [0.29, 0.717) is 0 Å². The molecule has 3 N–H and O–H groups in total. The summed E-state index contributed by atoms with van der Waals surface area (Å²) in [7, 11) is 0. The number of thiazole rings is 1. The minimum atomic E-state index is -1.71. The number of hydrogen-bond donors (Lipinski definition) is 3. The Hall–Kier alpha value is -2.69. The summed E-state index contributed by atoms with van der Waals surface area (Å²) in [5.74, 6) is -2.77. The summed E-state index contributed by atoms with van der Waals surface area (Å²) in [5, 5.41) is 25.1. The summed E-state index contributed by atoms with van der Waals surface area (Å²) in [4.78, 5) is 42.0. The summed E-state index contributed by atoms with van der Waals surface area (Å²) in [6.45, 7) is 4.23. The van der Waals surface area contributed by atoms with Crippen molar-refractivity contribution >= 4 is 40.2 Å². The maximum atomic E-state index is 11.3. The van der Waals surface area contributed by atoms with E-state index in [4.69, 9.17) is 15.1 Å². The Balaban J connectivity index is 2.95. The molecule has 0 saturated heterocycles. The Bertz CT molecular complexity index is 638. The number of anilines is 1. The van der Waals surface area contributed by atoms with Crippen LogP contribution in [0.2, 0.25) is 0 Å². The van der Waals surface area contributed by atoms with E-state index in [1.165, 1.54) is 19.2 Å². The SMILES string of the molecule is CCOC(=O)Nc1nc(C(=NOC(C)(C)C(=O)O)C(=O)O)cs1. The van der Waals surface area contributed by atoms with Crippen molar-refractivity contribution in [3.8, 4) is 0 Å². The first-order valence-corrected chi connectivity index (χ1v) is 7.18.